The predicted octanol–water partition coefficient (Wildman–Crippen LogP) is 7.17. The summed E-state index contributed by atoms with van der Waals surface area (Å²) in [5.41, 5.74) is -7.66. The minimum absolute atomic E-state index is 0.169. The zero-order valence-corrected chi connectivity index (χ0v) is 30.5. The summed E-state index contributed by atoms with van der Waals surface area (Å²) in [6, 6.07) is 0. The standard InChI is InChI=1S/C17H27F5O5.C15H21F5O5/c1-7-11(27-12(23)14(4,5)8-2)16(18,19)13(24)26-10(3)9-15(6,25)17(20,21)22;1-6-10(25-11(21)8(2)3)14(16,17)12(22)24-9(4)7-13(5,23)15(18,19)20/h10-11,25H,7-9H2,1-6H3;9-10,23H,2,6-7H2,1,3-5H3. The van der Waals surface area contributed by atoms with Crippen LogP contribution in [0.5, 0.6) is 0 Å². The Morgan fingerprint density at radius 2 is 0.904 bits per heavy atom. The molecular formula is C32H48F10O10. The van der Waals surface area contributed by atoms with Gasteiger partial charge in [-0.1, -0.05) is 27.4 Å². The Hall–Kier alpha value is -3.16. The molecule has 10 nitrogen and oxygen atoms in total. The van der Waals surface area contributed by atoms with Gasteiger partial charge >= 0.3 is 48.1 Å². The van der Waals surface area contributed by atoms with E-state index in [2.05, 4.69) is 20.8 Å². The van der Waals surface area contributed by atoms with Gasteiger partial charge in [-0.3, -0.25) is 4.79 Å². The van der Waals surface area contributed by atoms with Crippen molar-refractivity contribution in [2.45, 2.75) is 161 Å². The van der Waals surface area contributed by atoms with E-state index in [9.17, 15) is 73.3 Å². The van der Waals surface area contributed by atoms with Gasteiger partial charge < -0.3 is 29.2 Å². The largest absolute Gasteiger partial charge is 0.458 e. The molecule has 20 heteroatoms. The summed E-state index contributed by atoms with van der Waals surface area (Å²) in [6.07, 6.45) is -20.5. The van der Waals surface area contributed by atoms with E-state index in [-0.39, 0.29) is 5.57 Å². The molecule has 0 rings (SSSR count). The molecule has 0 amide bonds. The van der Waals surface area contributed by atoms with Crippen molar-refractivity contribution in [2.24, 2.45) is 5.41 Å². The molecule has 0 heterocycles. The minimum atomic E-state index is -5.03. The highest BCUT2D eigenvalue weighted by Crippen LogP contribution is 2.37. The number of hydrogen-bond donors (Lipinski definition) is 2. The molecule has 6 unspecified atom stereocenters. The van der Waals surface area contributed by atoms with Gasteiger partial charge in [0, 0.05) is 18.4 Å². The van der Waals surface area contributed by atoms with Gasteiger partial charge in [0.05, 0.1) is 5.41 Å². The SMILES string of the molecule is C=C(C)C(=O)OC(CC)C(F)(F)C(=O)OC(C)CC(C)(O)C(F)(F)F.CCC(OC(=O)C(C)(C)CC)C(F)(F)C(=O)OC(C)CC(C)(O)C(F)(F)F. The quantitative estimate of drug-likeness (QED) is 0.0674. The van der Waals surface area contributed by atoms with Crippen LogP contribution in [0.3, 0.4) is 0 Å². The second-order valence-electron chi connectivity index (χ2n) is 13.3. The van der Waals surface area contributed by atoms with Crippen LogP contribution in [0.1, 0.15) is 101 Å². The van der Waals surface area contributed by atoms with E-state index in [4.69, 9.17) is 4.74 Å². The first-order valence-corrected chi connectivity index (χ1v) is 15.8. The second-order valence-corrected chi connectivity index (χ2v) is 13.3. The van der Waals surface area contributed by atoms with Crippen LogP contribution in [0.25, 0.3) is 0 Å². The number of halogens is 10. The van der Waals surface area contributed by atoms with Gasteiger partial charge in [0.1, 0.15) is 12.2 Å². The zero-order chi connectivity index (χ0) is 42.1. The van der Waals surface area contributed by atoms with Crippen molar-refractivity contribution in [1.29, 1.82) is 0 Å². The summed E-state index contributed by atoms with van der Waals surface area (Å²) in [4.78, 5) is 46.7. The highest BCUT2D eigenvalue weighted by Gasteiger charge is 2.55. The average molecular weight is 783 g/mol. The molecule has 52 heavy (non-hydrogen) atoms. The van der Waals surface area contributed by atoms with E-state index in [1.54, 1.807) is 6.92 Å². The lowest BCUT2D eigenvalue weighted by molar-refractivity contribution is -0.262. The third-order valence-corrected chi connectivity index (χ3v) is 7.59. The minimum Gasteiger partial charge on any atom is -0.458 e. The topological polar surface area (TPSA) is 146 Å². The molecule has 0 spiro atoms. The van der Waals surface area contributed by atoms with E-state index in [0.717, 1.165) is 13.8 Å². The fourth-order valence-corrected chi connectivity index (χ4v) is 3.71. The maximum atomic E-state index is 14.3. The number of esters is 4. The molecule has 306 valence electrons. The summed E-state index contributed by atoms with van der Waals surface area (Å²) in [7, 11) is 0. The Morgan fingerprint density at radius 3 is 1.15 bits per heavy atom. The van der Waals surface area contributed by atoms with Crippen molar-refractivity contribution in [3.63, 3.8) is 0 Å². The molecule has 0 fully saturated rings. The average Bonchev–Trinajstić information content (AvgIpc) is 2.96. The third kappa shape index (κ3) is 14.7. The number of hydrogen-bond acceptors (Lipinski definition) is 10. The van der Waals surface area contributed by atoms with Gasteiger partial charge in [-0.2, -0.15) is 43.9 Å². The van der Waals surface area contributed by atoms with Crippen molar-refractivity contribution < 1.29 is 92.2 Å². The van der Waals surface area contributed by atoms with Crippen LogP contribution in [-0.4, -0.2) is 93.9 Å². The third-order valence-electron chi connectivity index (χ3n) is 7.59. The summed E-state index contributed by atoms with van der Waals surface area (Å²) in [6.45, 7) is 14.3. The zero-order valence-electron chi connectivity index (χ0n) is 30.5. The molecule has 6 atom stereocenters. The molecule has 0 aromatic heterocycles. The molecule has 0 saturated carbocycles. The molecule has 2 N–H and O–H groups in total. The molecule has 0 aliphatic heterocycles. The molecular weight excluding hydrogens is 734 g/mol. The van der Waals surface area contributed by atoms with Crippen LogP contribution >= 0.6 is 0 Å². The smallest absolute Gasteiger partial charge is 0.417 e. The maximum absolute atomic E-state index is 14.3. The van der Waals surface area contributed by atoms with Gasteiger partial charge in [-0.15, -0.1) is 0 Å². The Kier molecular flexibility index (Phi) is 18.4. The van der Waals surface area contributed by atoms with Crippen LogP contribution in [0.2, 0.25) is 0 Å². The Bertz CT molecular complexity index is 1230. The lowest BCUT2D eigenvalue weighted by atomic mass is 9.90. The van der Waals surface area contributed by atoms with E-state index in [1.165, 1.54) is 34.6 Å². The molecule has 0 aliphatic carbocycles. The molecule has 0 saturated heterocycles. The van der Waals surface area contributed by atoms with Gasteiger partial charge in [0.15, 0.2) is 23.4 Å². The van der Waals surface area contributed by atoms with Crippen LogP contribution in [0, 0.1) is 5.41 Å². The van der Waals surface area contributed by atoms with Crippen molar-refractivity contribution in [3.05, 3.63) is 12.2 Å². The summed E-state index contributed by atoms with van der Waals surface area (Å²) in [5.74, 6) is -14.9. The van der Waals surface area contributed by atoms with Gasteiger partial charge in [-0.25, -0.2) is 14.4 Å². The first-order valence-electron chi connectivity index (χ1n) is 15.8. The highest BCUT2D eigenvalue weighted by molar-refractivity contribution is 5.88. The lowest BCUT2D eigenvalue weighted by Gasteiger charge is -2.31. The first-order chi connectivity index (χ1) is 23.0. The number of rotatable bonds is 17. The number of carbonyl (C=O) groups excluding carboxylic acids is 4. The fraction of sp³-hybridized carbons (Fsp3) is 0.812. The van der Waals surface area contributed by atoms with Crippen LogP contribution in [-0.2, 0) is 38.1 Å². The number of alkyl halides is 10. The summed E-state index contributed by atoms with van der Waals surface area (Å²) >= 11 is 0. The molecule has 0 aromatic rings. The van der Waals surface area contributed by atoms with Crippen molar-refractivity contribution >= 4 is 23.9 Å². The molecule has 0 aromatic carbocycles. The normalized spacial score (nSPS) is 17.4. The first kappa shape index (κ1) is 50.9. The van der Waals surface area contributed by atoms with Crippen LogP contribution < -0.4 is 0 Å². The van der Waals surface area contributed by atoms with Crippen LogP contribution in [0.4, 0.5) is 43.9 Å². The van der Waals surface area contributed by atoms with E-state index in [0.29, 0.717) is 20.3 Å². The van der Waals surface area contributed by atoms with Crippen molar-refractivity contribution in [1.82, 2.24) is 0 Å². The van der Waals surface area contributed by atoms with Gasteiger partial charge in [0.25, 0.3) is 0 Å². The fourth-order valence-electron chi connectivity index (χ4n) is 3.71. The van der Waals surface area contributed by atoms with E-state index < -0.39 is 115 Å². The predicted molar refractivity (Wildman–Crippen MR) is 163 cm³/mol. The summed E-state index contributed by atoms with van der Waals surface area (Å²) in [5, 5.41) is 18.6. The maximum Gasteiger partial charge on any atom is 0.417 e. The molecule has 0 bridgehead atoms. The summed E-state index contributed by atoms with van der Waals surface area (Å²) < 4.78 is 150. The molecule has 0 radical (unpaired) electrons. The van der Waals surface area contributed by atoms with Crippen LogP contribution in [0.15, 0.2) is 12.2 Å². The number of carbonyl (C=O) groups is 4. The van der Waals surface area contributed by atoms with Crippen molar-refractivity contribution in [2.75, 3.05) is 0 Å². The number of aliphatic hydroxyl groups is 2. The van der Waals surface area contributed by atoms with Gasteiger partial charge in [-0.05, 0) is 67.7 Å². The molecule has 0 aliphatic rings. The monoisotopic (exact) mass is 782 g/mol. The Morgan fingerprint density at radius 1 is 0.596 bits per heavy atom. The second kappa shape index (κ2) is 18.7. The Labute approximate surface area is 295 Å². The Balaban J connectivity index is 0. The van der Waals surface area contributed by atoms with E-state index >= 15 is 0 Å². The van der Waals surface area contributed by atoms with Crippen molar-refractivity contribution in [3.8, 4) is 0 Å². The highest BCUT2D eigenvalue weighted by atomic mass is 19.4. The van der Waals surface area contributed by atoms with Gasteiger partial charge in [0.2, 0.25) is 0 Å². The number of ether oxygens (including phenoxy) is 4. The van der Waals surface area contributed by atoms with E-state index in [1.807, 2.05) is 0 Å². The lowest BCUT2D eigenvalue weighted by Crippen LogP contribution is -2.49.